The van der Waals surface area contributed by atoms with Crippen LogP contribution in [0, 0.1) is 0 Å². The van der Waals surface area contributed by atoms with Gasteiger partial charge in [0, 0.05) is 6.15 Å². The maximum absolute atomic E-state index is 0. The maximum atomic E-state index is 0. The second kappa shape index (κ2) is 209. The van der Waals surface area contributed by atoms with Gasteiger partial charge in [0.1, 0.15) is 0 Å². The van der Waals surface area contributed by atoms with Gasteiger partial charge in [-0.05, 0) is 0 Å². The van der Waals surface area contributed by atoms with Gasteiger partial charge in [-0.1, -0.05) is 0 Å². The van der Waals surface area contributed by atoms with Crippen LogP contribution in [0.4, 0.5) is 0 Å². The van der Waals surface area contributed by atoms with E-state index in [0.29, 0.717) is 0 Å². The van der Waals surface area contributed by atoms with Gasteiger partial charge in [0.25, 0.3) is 0 Å². The average Bonchev–Trinajstić information content (AvgIpc) is 0. The Bertz CT molecular complexity index is 7.51. The molecule has 0 aliphatic heterocycles. The second-order valence-electron chi connectivity index (χ2n) is 0. The van der Waals surface area contributed by atoms with Crippen molar-refractivity contribution in [1.82, 2.24) is 6.15 Å². The standard InChI is InChI=1S/N.Na.4H2O.H/h;;4*1H2;. The summed E-state index contributed by atoms with van der Waals surface area (Å²) in [6, 6.07) is 0. The van der Waals surface area contributed by atoms with Crippen molar-refractivity contribution in [3.8, 4) is 0 Å². The van der Waals surface area contributed by atoms with Crippen LogP contribution in [0.3, 0.4) is 0 Å². The summed E-state index contributed by atoms with van der Waals surface area (Å²) in [6.45, 7) is 0. The van der Waals surface area contributed by atoms with E-state index in [0.717, 1.165) is 0 Å². The molecule has 6 heteroatoms. The van der Waals surface area contributed by atoms with Crippen molar-refractivity contribution in [2.75, 3.05) is 0 Å². The molecule has 0 saturated heterocycles. The summed E-state index contributed by atoms with van der Waals surface area (Å²) < 4.78 is 0. The average molecular weight is 110 g/mol. The summed E-state index contributed by atoms with van der Waals surface area (Å²) in [7, 11) is 0. The number of rotatable bonds is 0. The second-order valence-corrected chi connectivity index (χ2v) is 0. The molecular weight excluding hydrogens is 101 g/mol. The van der Waals surface area contributed by atoms with Gasteiger partial charge in [-0.15, -0.1) is 0 Å². The zero-order valence-corrected chi connectivity index (χ0v) is 2.45. The van der Waals surface area contributed by atoms with Gasteiger partial charge in [0.2, 0.25) is 0 Å². The molecule has 0 atom stereocenters. The summed E-state index contributed by atoms with van der Waals surface area (Å²) in [4.78, 5) is 0. The molecule has 39 valence electrons. The van der Waals surface area contributed by atoms with Gasteiger partial charge in [-0.2, -0.15) is 0 Å². The Labute approximate surface area is 57.8 Å². The quantitative estimate of drug-likeness (QED) is 0.276. The first-order chi connectivity index (χ1) is 0. The van der Waals surface area contributed by atoms with Gasteiger partial charge in [0.15, 0.2) is 0 Å². The third-order valence-corrected chi connectivity index (χ3v) is 0. The Morgan fingerprint density at radius 2 is 0.500 bits per heavy atom. The van der Waals surface area contributed by atoms with E-state index in [9.17, 15) is 0 Å². The van der Waals surface area contributed by atoms with Crippen LogP contribution >= 0.6 is 0 Å². The Morgan fingerprint density at radius 3 is 0.500 bits per heavy atom. The first-order valence-electron chi connectivity index (χ1n) is 0. The minimum absolute atomic E-state index is 0. The minimum atomic E-state index is 0. The molecular formula is H9NNaO4. The molecule has 3 radical (unpaired) electrons. The first-order valence-corrected chi connectivity index (χ1v) is 0. The molecule has 0 unspecified atom stereocenters. The molecule has 0 aromatic rings. The van der Waals surface area contributed by atoms with Gasteiger partial charge in [0.05, 0.1) is 0 Å². The van der Waals surface area contributed by atoms with Crippen LogP contribution in [0.5, 0.6) is 0 Å². The number of hydrogen-bond acceptors (Lipinski definition) is 0. The molecule has 0 saturated carbocycles. The van der Waals surface area contributed by atoms with Crippen molar-refractivity contribution in [2.24, 2.45) is 0 Å². The van der Waals surface area contributed by atoms with Crippen molar-refractivity contribution in [3.05, 3.63) is 0 Å². The van der Waals surface area contributed by atoms with E-state index in [-0.39, 0.29) is 57.6 Å². The van der Waals surface area contributed by atoms with Crippen LogP contribution in [-0.4, -0.2) is 51.5 Å². The van der Waals surface area contributed by atoms with Crippen molar-refractivity contribution in [3.63, 3.8) is 0 Å². The Morgan fingerprint density at radius 1 is 0.500 bits per heavy atom. The predicted molar refractivity (Wildman–Crippen MR) is 23.7 cm³/mol. The fraction of sp³-hybridized carbons (Fsp3) is 0. The fourth-order valence-corrected chi connectivity index (χ4v) is 0. The van der Waals surface area contributed by atoms with E-state index in [1.165, 1.54) is 0 Å². The molecule has 0 aliphatic carbocycles. The van der Waals surface area contributed by atoms with Crippen molar-refractivity contribution in [1.29, 1.82) is 0 Å². The van der Waals surface area contributed by atoms with Crippen LogP contribution in [-0.2, 0) is 0 Å². The summed E-state index contributed by atoms with van der Waals surface area (Å²) in [5.41, 5.74) is 0. The SMILES string of the molecule is O.O.O.O.[N].[NaH]. The topological polar surface area (TPSA) is 156 Å². The fourth-order valence-electron chi connectivity index (χ4n) is 0. The Hall–Kier alpha value is 0.800. The van der Waals surface area contributed by atoms with Crippen LogP contribution < -0.4 is 6.15 Å². The predicted octanol–water partition coefficient (Wildman–Crippen LogP) is -4.43. The van der Waals surface area contributed by atoms with Gasteiger partial charge < -0.3 is 21.9 Å². The van der Waals surface area contributed by atoms with Crippen LogP contribution in [0.15, 0.2) is 0 Å². The summed E-state index contributed by atoms with van der Waals surface area (Å²) in [5, 5.41) is 0. The van der Waals surface area contributed by atoms with Crippen LogP contribution in [0.25, 0.3) is 0 Å². The van der Waals surface area contributed by atoms with E-state index in [4.69, 9.17) is 0 Å². The first kappa shape index (κ1) is 357. The molecule has 0 spiro atoms. The molecule has 0 heterocycles. The molecule has 0 bridgehead atoms. The molecule has 5 nitrogen and oxygen atoms in total. The van der Waals surface area contributed by atoms with E-state index in [1.54, 1.807) is 0 Å². The van der Waals surface area contributed by atoms with Crippen molar-refractivity contribution >= 4 is 29.6 Å². The van der Waals surface area contributed by atoms with Crippen molar-refractivity contribution < 1.29 is 21.9 Å². The molecule has 0 rings (SSSR count). The van der Waals surface area contributed by atoms with E-state index >= 15 is 0 Å². The third kappa shape index (κ3) is 108. The van der Waals surface area contributed by atoms with E-state index < -0.39 is 0 Å². The summed E-state index contributed by atoms with van der Waals surface area (Å²) >= 11 is 0. The van der Waals surface area contributed by atoms with Crippen LogP contribution in [0.2, 0.25) is 0 Å². The molecule has 8 N–H and O–H groups in total. The molecule has 0 aromatic carbocycles. The monoisotopic (exact) mass is 110 g/mol. The Kier molecular flexibility index (Phi) is 12400. The summed E-state index contributed by atoms with van der Waals surface area (Å²) in [5.74, 6) is 0. The Balaban J connectivity index is 0. The molecule has 0 aromatic heterocycles. The van der Waals surface area contributed by atoms with Gasteiger partial charge >= 0.3 is 29.6 Å². The molecule has 0 fully saturated rings. The van der Waals surface area contributed by atoms with Gasteiger partial charge in [-0.25, -0.2) is 0 Å². The normalized spacial score (nSPS) is 0. The van der Waals surface area contributed by atoms with E-state index in [2.05, 4.69) is 0 Å². The third-order valence-electron chi connectivity index (χ3n) is 0. The molecule has 6 heavy (non-hydrogen) atoms. The number of nitrogens with zero attached hydrogens (tertiary/aromatic N) is 1. The zero-order chi connectivity index (χ0) is 0. The van der Waals surface area contributed by atoms with Crippen LogP contribution in [0.1, 0.15) is 0 Å². The molecule has 0 amide bonds. The summed E-state index contributed by atoms with van der Waals surface area (Å²) in [6.07, 6.45) is 0. The van der Waals surface area contributed by atoms with E-state index in [1.807, 2.05) is 0 Å². The van der Waals surface area contributed by atoms with Gasteiger partial charge in [-0.3, -0.25) is 0 Å². The molecule has 0 aliphatic rings. The van der Waals surface area contributed by atoms with Crippen molar-refractivity contribution in [2.45, 2.75) is 0 Å². The number of hydrogen-bond donors (Lipinski definition) is 0. The zero-order valence-electron chi connectivity index (χ0n) is 2.45.